The van der Waals surface area contributed by atoms with E-state index in [0.717, 1.165) is 5.69 Å². The molecular weight excluding hydrogens is 533 g/mol. The Morgan fingerprint density at radius 3 is 2.51 bits per heavy atom. The summed E-state index contributed by atoms with van der Waals surface area (Å²) in [5, 5.41) is 29.6. The lowest BCUT2D eigenvalue weighted by molar-refractivity contribution is 0.443. The van der Waals surface area contributed by atoms with E-state index in [1.165, 1.54) is 6.20 Å². The molecule has 5 rings (SSSR count). The highest BCUT2D eigenvalue weighted by molar-refractivity contribution is 6.33. The third kappa shape index (κ3) is 5.62. The van der Waals surface area contributed by atoms with E-state index in [1.807, 2.05) is 42.6 Å². The van der Waals surface area contributed by atoms with Crippen molar-refractivity contribution in [1.82, 2.24) is 20.9 Å². The number of anilines is 3. The normalized spacial score (nSPS) is 14.4. The predicted molar refractivity (Wildman–Crippen MR) is 163 cm³/mol. The molecule has 2 radical (unpaired) electrons. The fourth-order valence-electron chi connectivity index (χ4n) is 4.53. The Morgan fingerprint density at radius 2 is 1.83 bits per heavy atom. The SMILES string of the molecule is [B]C(Nc1cc(C#N)c2ncc(C#N)c(NCC(C)(C)C)c2c1)(C1=CN(c2cccnc2)NN1)c1ccccc1Cl. The van der Waals surface area contributed by atoms with Gasteiger partial charge in [-0.3, -0.25) is 15.0 Å². The molecule has 2 aromatic heterocycles. The average Bonchev–Trinajstić information content (AvgIpc) is 3.47. The van der Waals surface area contributed by atoms with Gasteiger partial charge in [-0.2, -0.15) is 10.5 Å². The van der Waals surface area contributed by atoms with Gasteiger partial charge in [0.25, 0.3) is 0 Å². The molecule has 11 heteroatoms. The molecule has 0 saturated heterocycles. The van der Waals surface area contributed by atoms with Gasteiger partial charge >= 0.3 is 0 Å². The first-order chi connectivity index (χ1) is 19.6. The van der Waals surface area contributed by atoms with Crippen LogP contribution in [0.15, 0.2) is 79.0 Å². The van der Waals surface area contributed by atoms with Gasteiger partial charge in [-0.05, 0) is 41.3 Å². The number of hydrogen-bond acceptors (Lipinski definition) is 9. The molecule has 0 fully saturated rings. The molecule has 1 aliphatic rings. The topological polar surface area (TPSA) is 125 Å². The lowest BCUT2D eigenvalue weighted by atomic mass is 9.69. The second kappa shape index (κ2) is 11.0. The molecule has 202 valence electrons. The maximum atomic E-state index is 10.1. The van der Waals surface area contributed by atoms with Crippen molar-refractivity contribution in [3.8, 4) is 12.1 Å². The van der Waals surface area contributed by atoms with Crippen molar-refractivity contribution < 1.29 is 0 Å². The quantitative estimate of drug-likeness (QED) is 0.224. The van der Waals surface area contributed by atoms with Crippen molar-refractivity contribution in [2.75, 3.05) is 22.2 Å². The number of benzene rings is 2. The van der Waals surface area contributed by atoms with Crippen molar-refractivity contribution >= 4 is 47.4 Å². The van der Waals surface area contributed by atoms with Crippen molar-refractivity contribution in [3.63, 3.8) is 0 Å². The minimum Gasteiger partial charge on any atom is -0.383 e. The van der Waals surface area contributed by atoms with Gasteiger partial charge in [0.2, 0.25) is 0 Å². The van der Waals surface area contributed by atoms with Crippen LogP contribution in [0.5, 0.6) is 0 Å². The first-order valence-electron chi connectivity index (χ1n) is 12.9. The fraction of sp³-hybridized carbons (Fsp3) is 0.200. The highest BCUT2D eigenvalue weighted by atomic mass is 35.5. The van der Waals surface area contributed by atoms with Gasteiger partial charge in [0.05, 0.1) is 45.4 Å². The van der Waals surface area contributed by atoms with Crippen molar-refractivity contribution in [2.24, 2.45) is 5.41 Å². The van der Waals surface area contributed by atoms with Crippen molar-refractivity contribution in [1.29, 1.82) is 10.5 Å². The number of pyridine rings is 2. The zero-order valence-corrected chi connectivity index (χ0v) is 23.6. The van der Waals surface area contributed by atoms with Gasteiger partial charge in [-0.25, -0.2) is 0 Å². The Hall–Kier alpha value is -4.77. The second-order valence-corrected chi connectivity index (χ2v) is 11.3. The lowest BCUT2D eigenvalue weighted by Crippen LogP contribution is -2.45. The third-order valence-corrected chi connectivity index (χ3v) is 6.90. The smallest absolute Gasteiger partial charge is 0.119 e. The van der Waals surface area contributed by atoms with Crippen LogP contribution in [0.4, 0.5) is 17.1 Å². The second-order valence-electron chi connectivity index (χ2n) is 10.9. The number of hydrazine groups is 2. The molecule has 1 unspecified atom stereocenters. The number of nitrogens with one attached hydrogen (secondary N) is 4. The van der Waals surface area contributed by atoms with Gasteiger partial charge in [-0.1, -0.05) is 50.6 Å². The van der Waals surface area contributed by atoms with Gasteiger partial charge in [0.1, 0.15) is 20.0 Å². The van der Waals surface area contributed by atoms with Crippen molar-refractivity contribution in [2.45, 2.75) is 26.2 Å². The summed E-state index contributed by atoms with van der Waals surface area (Å²) in [6, 6.07) is 19.0. The van der Waals surface area contributed by atoms with Crippen LogP contribution < -0.4 is 26.6 Å². The zero-order valence-electron chi connectivity index (χ0n) is 22.8. The van der Waals surface area contributed by atoms with E-state index in [1.54, 1.807) is 29.5 Å². The van der Waals surface area contributed by atoms with Crippen LogP contribution in [0, 0.1) is 28.1 Å². The lowest BCUT2D eigenvalue weighted by Gasteiger charge is -2.35. The maximum Gasteiger partial charge on any atom is 0.119 e. The predicted octanol–water partition coefficient (Wildman–Crippen LogP) is 5.29. The molecule has 4 N–H and O–H groups in total. The first kappa shape index (κ1) is 27.8. The number of nitrogens with zero attached hydrogens (tertiary/aromatic N) is 5. The first-order valence-corrected chi connectivity index (χ1v) is 13.3. The Bertz CT molecular complexity index is 1720. The summed E-state index contributed by atoms with van der Waals surface area (Å²) < 4.78 is 0. The third-order valence-electron chi connectivity index (χ3n) is 6.57. The van der Waals surface area contributed by atoms with Crippen LogP contribution in [0.2, 0.25) is 5.02 Å². The van der Waals surface area contributed by atoms with Crippen molar-refractivity contribution in [3.05, 3.63) is 101 Å². The molecular formula is C30H27BClN9. The summed E-state index contributed by atoms with van der Waals surface area (Å²) in [5.74, 6) is 0. The molecule has 3 heterocycles. The van der Waals surface area contributed by atoms with Crippen LogP contribution in [-0.2, 0) is 5.44 Å². The monoisotopic (exact) mass is 559 g/mol. The van der Waals surface area contributed by atoms with Crippen LogP contribution in [0.3, 0.4) is 0 Å². The minimum atomic E-state index is -1.37. The fourth-order valence-corrected chi connectivity index (χ4v) is 4.81. The molecule has 9 nitrogen and oxygen atoms in total. The highest BCUT2D eigenvalue weighted by Crippen LogP contribution is 2.38. The van der Waals surface area contributed by atoms with Crippen LogP contribution in [0.25, 0.3) is 10.9 Å². The molecule has 0 saturated carbocycles. The highest BCUT2D eigenvalue weighted by Gasteiger charge is 2.36. The summed E-state index contributed by atoms with van der Waals surface area (Å²) in [6.07, 6.45) is 6.71. The Labute approximate surface area is 245 Å². The van der Waals surface area contributed by atoms with Crippen LogP contribution in [0.1, 0.15) is 37.5 Å². The van der Waals surface area contributed by atoms with Gasteiger partial charge in [0, 0.05) is 41.2 Å². The number of halogens is 1. The molecule has 4 aromatic rings. The number of fused-ring (bicyclic) bond motifs is 1. The molecule has 1 atom stereocenters. The average molecular weight is 560 g/mol. The van der Waals surface area contributed by atoms with E-state index in [2.05, 4.69) is 64.5 Å². The largest absolute Gasteiger partial charge is 0.383 e. The van der Waals surface area contributed by atoms with E-state index in [4.69, 9.17) is 19.4 Å². The van der Waals surface area contributed by atoms with Gasteiger partial charge in [-0.15, -0.1) is 5.53 Å². The molecule has 0 aliphatic carbocycles. The Kier molecular flexibility index (Phi) is 7.46. The summed E-state index contributed by atoms with van der Waals surface area (Å²) in [7, 11) is 7.17. The summed E-state index contributed by atoms with van der Waals surface area (Å²) in [5.41, 5.74) is 9.10. The van der Waals surface area contributed by atoms with E-state index in [-0.39, 0.29) is 5.41 Å². The molecule has 0 amide bonds. The van der Waals surface area contributed by atoms with Crippen LogP contribution >= 0.6 is 11.6 Å². The maximum absolute atomic E-state index is 10.1. The number of nitriles is 2. The standard InChI is InChI=1S/C30H27BClN9/c1-29(2,3)18-37-28-20(14-34)15-36-27-19(13-33)11-21(12-23(27)28)38-30(31,24-8-4-5-9-25(24)32)26-17-41(40-39-26)22-7-6-10-35-16-22/h4-12,15-17,38-40H,18H2,1-3H3,(H,36,37). The minimum absolute atomic E-state index is 0.0551. The van der Waals surface area contributed by atoms with E-state index in [9.17, 15) is 10.5 Å². The molecule has 0 spiro atoms. The molecule has 41 heavy (non-hydrogen) atoms. The molecule has 0 bridgehead atoms. The summed E-state index contributed by atoms with van der Waals surface area (Å²) in [4.78, 5) is 8.63. The van der Waals surface area contributed by atoms with Gasteiger partial charge in [0.15, 0.2) is 0 Å². The van der Waals surface area contributed by atoms with E-state index >= 15 is 0 Å². The molecule has 2 aromatic carbocycles. The van der Waals surface area contributed by atoms with Gasteiger partial charge < -0.3 is 16.1 Å². The van der Waals surface area contributed by atoms with Crippen LogP contribution in [-0.4, -0.2) is 24.4 Å². The number of rotatable bonds is 7. The summed E-state index contributed by atoms with van der Waals surface area (Å²) >= 11 is 6.68. The Balaban J connectivity index is 1.65. The number of aromatic nitrogens is 2. The summed E-state index contributed by atoms with van der Waals surface area (Å²) in [6.45, 7) is 6.90. The number of hydrogen-bond donors (Lipinski definition) is 4. The zero-order chi connectivity index (χ0) is 29.2. The van der Waals surface area contributed by atoms with E-state index in [0.29, 0.717) is 56.2 Å². The Morgan fingerprint density at radius 1 is 1.05 bits per heavy atom. The van der Waals surface area contributed by atoms with E-state index < -0.39 is 5.44 Å². The molecule has 1 aliphatic heterocycles.